The quantitative estimate of drug-likeness (QED) is 0.836. The number of piperidine rings is 1. The van der Waals surface area contributed by atoms with Crippen LogP contribution in [0, 0.1) is 0 Å². The summed E-state index contributed by atoms with van der Waals surface area (Å²) in [7, 11) is 3.26. The minimum Gasteiger partial charge on any atom is -0.497 e. The molecule has 0 saturated carbocycles. The van der Waals surface area contributed by atoms with E-state index in [2.05, 4.69) is 0 Å². The third kappa shape index (κ3) is 4.24. The average Bonchev–Trinajstić information content (AvgIpc) is 2.69. The van der Waals surface area contributed by atoms with Crippen molar-refractivity contribution in [2.24, 2.45) is 0 Å². The van der Waals surface area contributed by atoms with E-state index in [4.69, 9.17) is 14.2 Å². The van der Waals surface area contributed by atoms with Crippen LogP contribution in [0.1, 0.15) is 23.2 Å². The predicted molar refractivity (Wildman–Crippen MR) is 95.5 cm³/mol. The van der Waals surface area contributed by atoms with Gasteiger partial charge in [-0.25, -0.2) is 0 Å². The van der Waals surface area contributed by atoms with Gasteiger partial charge in [0.1, 0.15) is 23.4 Å². The molecule has 2 aromatic carbocycles. The number of carbonyl (C=O) groups is 1. The Balaban J connectivity index is 1.52. The first-order valence-electron chi connectivity index (χ1n) is 8.43. The first kappa shape index (κ1) is 17.1. The topological polar surface area (TPSA) is 48.0 Å². The maximum Gasteiger partial charge on any atom is 0.253 e. The van der Waals surface area contributed by atoms with Gasteiger partial charge in [-0.1, -0.05) is 0 Å². The van der Waals surface area contributed by atoms with Crippen molar-refractivity contribution in [2.45, 2.75) is 18.9 Å². The van der Waals surface area contributed by atoms with Gasteiger partial charge in [0, 0.05) is 31.5 Å². The van der Waals surface area contributed by atoms with Crippen LogP contribution in [0.25, 0.3) is 0 Å². The van der Waals surface area contributed by atoms with E-state index >= 15 is 0 Å². The summed E-state index contributed by atoms with van der Waals surface area (Å²) in [6, 6.07) is 14.8. The fourth-order valence-electron chi connectivity index (χ4n) is 2.94. The maximum absolute atomic E-state index is 12.6. The summed E-state index contributed by atoms with van der Waals surface area (Å²) >= 11 is 0. The fourth-order valence-corrected chi connectivity index (χ4v) is 2.94. The number of amides is 1. The standard InChI is InChI=1S/C20H23NO4/c1-23-16-5-3-15(4-6-16)20(22)21-13-11-19(12-14-21)25-18-9-7-17(24-2)8-10-18/h3-10,19H,11-14H2,1-2H3. The molecular weight excluding hydrogens is 318 g/mol. The Kier molecular flexibility index (Phi) is 5.43. The Morgan fingerprint density at radius 1 is 0.840 bits per heavy atom. The number of methoxy groups -OCH3 is 2. The smallest absolute Gasteiger partial charge is 0.253 e. The molecule has 3 rings (SSSR count). The number of ether oxygens (including phenoxy) is 3. The zero-order valence-electron chi connectivity index (χ0n) is 14.6. The van der Waals surface area contributed by atoms with Gasteiger partial charge in [0.05, 0.1) is 14.2 Å². The van der Waals surface area contributed by atoms with Gasteiger partial charge in [0.15, 0.2) is 0 Å². The van der Waals surface area contributed by atoms with E-state index in [1.807, 2.05) is 41.3 Å². The lowest BCUT2D eigenvalue weighted by Gasteiger charge is -2.32. The molecule has 1 amide bonds. The highest BCUT2D eigenvalue weighted by Crippen LogP contribution is 2.23. The van der Waals surface area contributed by atoms with Crippen LogP contribution in [0.15, 0.2) is 48.5 Å². The maximum atomic E-state index is 12.6. The first-order chi connectivity index (χ1) is 12.2. The van der Waals surface area contributed by atoms with Crippen molar-refractivity contribution in [3.63, 3.8) is 0 Å². The molecule has 25 heavy (non-hydrogen) atoms. The summed E-state index contributed by atoms with van der Waals surface area (Å²) < 4.78 is 16.3. The lowest BCUT2D eigenvalue weighted by atomic mass is 10.1. The van der Waals surface area contributed by atoms with Crippen molar-refractivity contribution >= 4 is 5.91 Å². The molecule has 0 bridgehead atoms. The van der Waals surface area contributed by atoms with E-state index in [-0.39, 0.29) is 12.0 Å². The molecule has 0 aromatic heterocycles. The van der Waals surface area contributed by atoms with Gasteiger partial charge in [0.2, 0.25) is 0 Å². The molecule has 5 nitrogen and oxygen atoms in total. The molecule has 132 valence electrons. The van der Waals surface area contributed by atoms with Gasteiger partial charge < -0.3 is 19.1 Å². The van der Waals surface area contributed by atoms with E-state index in [0.29, 0.717) is 18.7 Å². The number of likely N-dealkylation sites (tertiary alicyclic amines) is 1. The predicted octanol–water partition coefficient (Wildman–Crippen LogP) is 3.39. The third-order valence-electron chi connectivity index (χ3n) is 4.43. The van der Waals surface area contributed by atoms with Gasteiger partial charge in [-0.2, -0.15) is 0 Å². The highest BCUT2D eigenvalue weighted by molar-refractivity contribution is 5.94. The van der Waals surface area contributed by atoms with Crippen molar-refractivity contribution < 1.29 is 19.0 Å². The second-order valence-electron chi connectivity index (χ2n) is 6.01. The minimum absolute atomic E-state index is 0.0607. The zero-order chi connectivity index (χ0) is 17.6. The highest BCUT2D eigenvalue weighted by Gasteiger charge is 2.24. The highest BCUT2D eigenvalue weighted by atomic mass is 16.5. The van der Waals surface area contributed by atoms with Crippen molar-refractivity contribution in [2.75, 3.05) is 27.3 Å². The minimum atomic E-state index is 0.0607. The summed E-state index contributed by atoms with van der Waals surface area (Å²) in [5, 5.41) is 0. The molecule has 1 aliphatic heterocycles. The van der Waals surface area contributed by atoms with Crippen LogP contribution in [0.3, 0.4) is 0 Å². The lowest BCUT2D eigenvalue weighted by molar-refractivity contribution is 0.0595. The number of carbonyl (C=O) groups excluding carboxylic acids is 1. The Morgan fingerprint density at radius 2 is 1.32 bits per heavy atom. The second kappa shape index (κ2) is 7.92. The summed E-state index contributed by atoms with van der Waals surface area (Å²) in [6.07, 6.45) is 1.79. The molecule has 5 heteroatoms. The number of rotatable bonds is 5. The van der Waals surface area contributed by atoms with Crippen LogP contribution in [0.2, 0.25) is 0 Å². The van der Waals surface area contributed by atoms with Gasteiger partial charge in [0.25, 0.3) is 5.91 Å². The molecule has 0 spiro atoms. The van der Waals surface area contributed by atoms with Gasteiger partial charge in [-0.3, -0.25) is 4.79 Å². The van der Waals surface area contributed by atoms with Gasteiger partial charge >= 0.3 is 0 Å². The zero-order valence-corrected chi connectivity index (χ0v) is 14.6. The van der Waals surface area contributed by atoms with Crippen LogP contribution in [-0.4, -0.2) is 44.2 Å². The average molecular weight is 341 g/mol. The molecule has 0 radical (unpaired) electrons. The van der Waals surface area contributed by atoms with E-state index in [1.165, 1.54) is 0 Å². The molecule has 1 heterocycles. The summed E-state index contributed by atoms with van der Waals surface area (Å²) in [5.74, 6) is 2.46. The summed E-state index contributed by atoms with van der Waals surface area (Å²) in [5.41, 5.74) is 0.690. The monoisotopic (exact) mass is 341 g/mol. The van der Waals surface area contributed by atoms with E-state index in [1.54, 1.807) is 26.4 Å². The summed E-state index contributed by atoms with van der Waals surface area (Å²) in [4.78, 5) is 14.4. The van der Waals surface area contributed by atoms with Crippen LogP contribution in [0.4, 0.5) is 0 Å². The molecule has 0 atom stereocenters. The van der Waals surface area contributed by atoms with Gasteiger partial charge in [-0.05, 0) is 48.5 Å². The largest absolute Gasteiger partial charge is 0.497 e. The number of hydrogen-bond donors (Lipinski definition) is 0. The Morgan fingerprint density at radius 3 is 1.84 bits per heavy atom. The molecule has 2 aromatic rings. The van der Waals surface area contributed by atoms with Crippen LogP contribution in [-0.2, 0) is 0 Å². The molecule has 1 aliphatic rings. The lowest BCUT2D eigenvalue weighted by Crippen LogP contribution is -2.41. The Bertz CT molecular complexity index is 689. The van der Waals surface area contributed by atoms with Crippen LogP contribution >= 0.6 is 0 Å². The fraction of sp³-hybridized carbons (Fsp3) is 0.350. The molecule has 0 N–H and O–H groups in total. The SMILES string of the molecule is COc1ccc(OC2CCN(C(=O)c3ccc(OC)cc3)CC2)cc1. The van der Waals surface area contributed by atoms with Crippen molar-refractivity contribution in [1.82, 2.24) is 4.90 Å². The second-order valence-corrected chi connectivity index (χ2v) is 6.01. The third-order valence-corrected chi connectivity index (χ3v) is 4.43. The number of benzene rings is 2. The van der Waals surface area contributed by atoms with Gasteiger partial charge in [-0.15, -0.1) is 0 Å². The first-order valence-corrected chi connectivity index (χ1v) is 8.43. The van der Waals surface area contributed by atoms with Crippen molar-refractivity contribution in [3.05, 3.63) is 54.1 Å². The molecule has 0 aliphatic carbocycles. The van der Waals surface area contributed by atoms with E-state index in [9.17, 15) is 4.79 Å². The summed E-state index contributed by atoms with van der Waals surface area (Å²) in [6.45, 7) is 1.40. The molecule has 1 saturated heterocycles. The number of nitrogens with zero attached hydrogens (tertiary/aromatic N) is 1. The van der Waals surface area contributed by atoms with Crippen molar-refractivity contribution in [3.8, 4) is 17.2 Å². The van der Waals surface area contributed by atoms with E-state index < -0.39 is 0 Å². The van der Waals surface area contributed by atoms with E-state index in [0.717, 1.165) is 30.1 Å². The van der Waals surface area contributed by atoms with Crippen LogP contribution < -0.4 is 14.2 Å². The Hall–Kier alpha value is -2.69. The Labute approximate surface area is 148 Å². The normalized spacial score (nSPS) is 14.9. The number of hydrogen-bond acceptors (Lipinski definition) is 4. The molecule has 0 unspecified atom stereocenters. The van der Waals surface area contributed by atoms with Crippen molar-refractivity contribution in [1.29, 1.82) is 0 Å². The van der Waals surface area contributed by atoms with Crippen LogP contribution in [0.5, 0.6) is 17.2 Å². The molecular formula is C20H23NO4. The molecule has 1 fully saturated rings.